The molecule has 2 aromatic rings. The van der Waals surface area contributed by atoms with Crippen molar-refractivity contribution in [1.82, 2.24) is 9.78 Å². The number of alkyl halides is 3. The van der Waals surface area contributed by atoms with Crippen LogP contribution in [0.25, 0.3) is 5.69 Å². The molecule has 2 rings (SSSR count). The van der Waals surface area contributed by atoms with E-state index in [4.69, 9.17) is 0 Å². The van der Waals surface area contributed by atoms with Crippen LogP contribution in [0.4, 0.5) is 13.2 Å². The number of para-hydroxylation sites is 1. The molecule has 0 saturated heterocycles. The van der Waals surface area contributed by atoms with Crippen molar-refractivity contribution in [2.45, 2.75) is 6.18 Å². The summed E-state index contributed by atoms with van der Waals surface area (Å²) in [6.07, 6.45) is -4.56. The van der Waals surface area contributed by atoms with Gasteiger partial charge < -0.3 is 0 Å². The van der Waals surface area contributed by atoms with E-state index < -0.39 is 17.4 Å². The molecule has 0 bridgehead atoms. The van der Waals surface area contributed by atoms with Crippen LogP contribution in [0, 0.1) is 0 Å². The van der Waals surface area contributed by atoms with Crippen LogP contribution in [0.2, 0.25) is 0 Å². The molecule has 1 heterocycles. The van der Waals surface area contributed by atoms with E-state index >= 15 is 0 Å². The van der Waals surface area contributed by atoms with Crippen LogP contribution in [0.15, 0.2) is 41.2 Å². The van der Waals surface area contributed by atoms with Crippen LogP contribution in [0.1, 0.15) is 5.69 Å². The number of hydrogen-bond donors (Lipinski definition) is 1. The van der Waals surface area contributed by atoms with Gasteiger partial charge >= 0.3 is 6.18 Å². The van der Waals surface area contributed by atoms with Gasteiger partial charge in [0, 0.05) is 23.1 Å². The fraction of sp³-hybridized carbons (Fsp3) is 0.100. The Morgan fingerprint density at radius 2 is 1.71 bits per heavy atom. The monoisotopic (exact) mass is 291 g/mol. The number of nitrogens with zero attached hydrogens (tertiary/aromatic N) is 1. The minimum atomic E-state index is -4.56. The summed E-state index contributed by atoms with van der Waals surface area (Å²) in [6, 6.07) is 8.35. The van der Waals surface area contributed by atoms with Gasteiger partial charge in [-0.05, 0) is 12.1 Å². The second-order valence-corrected chi connectivity index (χ2v) is 3.17. The van der Waals surface area contributed by atoms with Gasteiger partial charge in [-0.15, -0.1) is 0 Å². The van der Waals surface area contributed by atoms with Gasteiger partial charge in [0.25, 0.3) is 5.56 Å². The summed E-state index contributed by atoms with van der Waals surface area (Å²) in [5.41, 5.74) is -1.53. The summed E-state index contributed by atoms with van der Waals surface area (Å²) >= 11 is 0. The largest absolute Gasteiger partial charge is 0.433 e. The van der Waals surface area contributed by atoms with Gasteiger partial charge in [-0.25, -0.2) is 4.68 Å². The van der Waals surface area contributed by atoms with Crippen LogP contribution in [0.5, 0.6) is 0 Å². The second kappa shape index (κ2) is 4.81. The Kier molecular flexibility index (Phi) is 3.85. The van der Waals surface area contributed by atoms with Crippen molar-refractivity contribution in [2.75, 3.05) is 0 Å². The third-order valence-corrected chi connectivity index (χ3v) is 2.04. The predicted molar refractivity (Wildman–Crippen MR) is 51.4 cm³/mol. The molecule has 0 fully saturated rings. The SMILES string of the molecule is O=c1cc(C(F)(F)F)n(-c2ccccc2)[nH]1.[Cu]. The smallest absolute Gasteiger partial charge is 0.268 e. The van der Waals surface area contributed by atoms with Crippen LogP contribution in [-0.2, 0) is 23.2 Å². The fourth-order valence-corrected chi connectivity index (χ4v) is 1.38. The van der Waals surface area contributed by atoms with Crippen molar-refractivity contribution in [3.05, 3.63) is 52.4 Å². The van der Waals surface area contributed by atoms with Crippen LogP contribution < -0.4 is 5.56 Å². The molecule has 0 saturated carbocycles. The molecule has 0 amide bonds. The summed E-state index contributed by atoms with van der Waals surface area (Å²) in [6.45, 7) is 0. The number of benzene rings is 1. The predicted octanol–water partition coefficient (Wildman–Crippen LogP) is 2.18. The minimum absolute atomic E-state index is 0. The van der Waals surface area contributed by atoms with Crippen molar-refractivity contribution in [3.63, 3.8) is 0 Å². The maximum Gasteiger partial charge on any atom is 0.433 e. The van der Waals surface area contributed by atoms with E-state index in [1.165, 1.54) is 12.1 Å². The van der Waals surface area contributed by atoms with Gasteiger partial charge in [0.15, 0.2) is 0 Å². The van der Waals surface area contributed by atoms with Crippen molar-refractivity contribution in [1.29, 1.82) is 0 Å². The maximum atomic E-state index is 12.6. The molecule has 1 aromatic carbocycles. The first-order valence-corrected chi connectivity index (χ1v) is 4.43. The molecular formula is C10H7CuF3N2O. The Morgan fingerprint density at radius 1 is 1.12 bits per heavy atom. The molecule has 1 aromatic heterocycles. The van der Waals surface area contributed by atoms with Crippen molar-refractivity contribution in [3.8, 4) is 5.69 Å². The Labute approximate surface area is 105 Å². The Bertz CT molecular complexity index is 545. The van der Waals surface area contributed by atoms with E-state index in [-0.39, 0.29) is 22.8 Å². The first kappa shape index (κ1) is 13.6. The standard InChI is InChI=1S/C10H7F3N2O.Cu/c11-10(12,13)8-6-9(16)14-15(8)7-4-2-1-3-5-7;/h1-6H,(H,14,16);. The third kappa shape index (κ3) is 2.81. The minimum Gasteiger partial charge on any atom is -0.268 e. The van der Waals surface area contributed by atoms with Crippen LogP contribution >= 0.6 is 0 Å². The van der Waals surface area contributed by atoms with Gasteiger partial charge in [-0.3, -0.25) is 9.89 Å². The van der Waals surface area contributed by atoms with Crippen molar-refractivity contribution >= 4 is 0 Å². The summed E-state index contributed by atoms with van der Waals surface area (Å²) < 4.78 is 38.4. The summed E-state index contributed by atoms with van der Waals surface area (Å²) in [5.74, 6) is 0. The molecule has 0 atom stereocenters. The number of H-pyrrole nitrogens is 1. The zero-order valence-corrected chi connectivity index (χ0v) is 9.20. The summed E-state index contributed by atoms with van der Waals surface area (Å²) in [4.78, 5) is 11.0. The topological polar surface area (TPSA) is 37.8 Å². The van der Waals surface area contributed by atoms with Gasteiger partial charge in [0.2, 0.25) is 0 Å². The molecule has 95 valence electrons. The first-order chi connectivity index (χ1) is 7.48. The average molecular weight is 292 g/mol. The van der Waals surface area contributed by atoms with E-state index in [2.05, 4.69) is 5.10 Å². The van der Waals surface area contributed by atoms with Crippen LogP contribution in [-0.4, -0.2) is 9.78 Å². The van der Waals surface area contributed by atoms with Gasteiger partial charge in [0.05, 0.1) is 5.69 Å². The number of rotatable bonds is 1. The quantitative estimate of drug-likeness (QED) is 0.804. The molecule has 0 unspecified atom stereocenters. The van der Waals surface area contributed by atoms with E-state index in [0.717, 1.165) is 4.68 Å². The number of aromatic amines is 1. The molecule has 0 aliphatic rings. The average Bonchev–Trinajstić information content (AvgIpc) is 2.61. The number of hydrogen-bond acceptors (Lipinski definition) is 1. The van der Waals surface area contributed by atoms with E-state index in [9.17, 15) is 18.0 Å². The Balaban J connectivity index is 0.00000144. The molecule has 0 aliphatic heterocycles. The zero-order chi connectivity index (χ0) is 11.8. The van der Waals surface area contributed by atoms with Gasteiger partial charge in [0.1, 0.15) is 5.69 Å². The molecule has 1 N–H and O–H groups in total. The van der Waals surface area contributed by atoms with Crippen LogP contribution in [0.3, 0.4) is 0 Å². The Hall–Kier alpha value is -1.46. The molecule has 3 nitrogen and oxygen atoms in total. The molecule has 1 radical (unpaired) electrons. The molecular weight excluding hydrogens is 285 g/mol. The number of halogens is 3. The van der Waals surface area contributed by atoms with E-state index in [0.29, 0.717) is 6.07 Å². The molecule has 0 spiro atoms. The van der Waals surface area contributed by atoms with E-state index in [1.54, 1.807) is 18.2 Å². The fourth-order valence-electron chi connectivity index (χ4n) is 1.38. The third-order valence-electron chi connectivity index (χ3n) is 2.04. The van der Waals surface area contributed by atoms with E-state index in [1.807, 2.05) is 0 Å². The van der Waals surface area contributed by atoms with Crippen molar-refractivity contribution in [2.24, 2.45) is 0 Å². The zero-order valence-electron chi connectivity index (χ0n) is 8.25. The molecule has 7 heteroatoms. The Morgan fingerprint density at radius 3 is 2.24 bits per heavy atom. The van der Waals surface area contributed by atoms with Gasteiger partial charge in [-0.1, -0.05) is 18.2 Å². The molecule has 17 heavy (non-hydrogen) atoms. The normalized spacial score (nSPS) is 11.0. The maximum absolute atomic E-state index is 12.6. The number of nitrogens with one attached hydrogen (secondary N) is 1. The summed E-state index contributed by atoms with van der Waals surface area (Å²) in [5, 5.41) is 2.11. The number of aromatic nitrogens is 2. The first-order valence-electron chi connectivity index (χ1n) is 4.43. The molecule has 0 aliphatic carbocycles. The summed E-state index contributed by atoms with van der Waals surface area (Å²) in [7, 11) is 0. The second-order valence-electron chi connectivity index (χ2n) is 3.17. The van der Waals surface area contributed by atoms with Crippen molar-refractivity contribution < 1.29 is 30.2 Å². The van der Waals surface area contributed by atoms with Gasteiger partial charge in [-0.2, -0.15) is 13.2 Å².